The molecule has 0 unspecified atom stereocenters. The maximum atomic E-state index is 12.1. The van der Waals surface area contributed by atoms with Crippen LogP contribution in [0.15, 0.2) is 24.3 Å². The van der Waals surface area contributed by atoms with E-state index in [2.05, 4.69) is 10.6 Å². The number of hydrogen-bond acceptors (Lipinski definition) is 3. The summed E-state index contributed by atoms with van der Waals surface area (Å²) in [5.41, 5.74) is 2.44. The van der Waals surface area contributed by atoms with Crippen molar-refractivity contribution in [1.29, 1.82) is 0 Å². The first kappa shape index (κ1) is 19.8. The molecule has 5 heteroatoms. The fourth-order valence-corrected chi connectivity index (χ4v) is 6.92. The van der Waals surface area contributed by atoms with Gasteiger partial charge < -0.3 is 10.6 Å². The van der Waals surface area contributed by atoms with E-state index in [4.69, 9.17) is 0 Å². The molecule has 4 saturated carbocycles. The second-order valence-electron chi connectivity index (χ2n) is 9.43. The Morgan fingerprint density at radius 2 is 1.68 bits per heavy atom. The zero-order valence-electron chi connectivity index (χ0n) is 16.8. The third-order valence-electron chi connectivity index (χ3n) is 6.91. The Bertz CT molecular complexity index is 698. The summed E-state index contributed by atoms with van der Waals surface area (Å²) in [6, 6.07) is 7.75. The summed E-state index contributed by atoms with van der Waals surface area (Å²) in [5.74, 6) is 3.53. The molecule has 1 aromatic carbocycles. The normalized spacial score (nSPS) is 30.2. The van der Waals surface area contributed by atoms with Crippen molar-refractivity contribution in [2.45, 2.75) is 51.9 Å². The van der Waals surface area contributed by atoms with Crippen LogP contribution in [-0.4, -0.2) is 29.9 Å². The second kappa shape index (κ2) is 8.48. The van der Waals surface area contributed by atoms with Gasteiger partial charge in [-0.15, -0.1) is 11.8 Å². The maximum absolute atomic E-state index is 12.1. The number of anilines is 1. The molecule has 2 N–H and O–H groups in total. The van der Waals surface area contributed by atoms with Crippen molar-refractivity contribution in [3.8, 4) is 0 Å². The van der Waals surface area contributed by atoms with Crippen molar-refractivity contribution in [1.82, 2.24) is 5.32 Å². The molecular formula is C23H32N2O2S. The van der Waals surface area contributed by atoms with Crippen molar-refractivity contribution >= 4 is 29.3 Å². The van der Waals surface area contributed by atoms with E-state index in [9.17, 15) is 9.59 Å². The van der Waals surface area contributed by atoms with E-state index in [1.807, 2.05) is 31.2 Å². The van der Waals surface area contributed by atoms with Crippen LogP contribution in [0.5, 0.6) is 0 Å². The van der Waals surface area contributed by atoms with E-state index in [0.717, 1.165) is 42.0 Å². The standard InChI is InChI=1S/C23H32N2O2S/c1-16-3-2-4-20(7-16)25-22(27)15-28-14-21(26)24-6-5-23-11-17-8-18(12-23)10-19(9-17)13-23/h2-4,7,17-19H,5-6,8-15H2,1H3,(H,24,26)(H,25,27). The van der Waals surface area contributed by atoms with Crippen molar-refractivity contribution in [2.75, 3.05) is 23.4 Å². The summed E-state index contributed by atoms with van der Waals surface area (Å²) < 4.78 is 0. The number of amides is 2. The fourth-order valence-electron chi connectivity index (χ4n) is 6.27. The van der Waals surface area contributed by atoms with Crippen LogP contribution < -0.4 is 10.6 Å². The summed E-state index contributed by atoms with van der Waals surface area (Å²) in [6.07, 6.45) is 9.71. The third kappa shape index (κ3) is 4.91. The maximum Gasteiger partial charge on any atom is 0.234 e. The number of carbonyl (C=O) groups is 2. The van der Waals surface area contributed by atoms with Gasteiger partial charge in [-0.2, -0.15) is 0 Å². The predicted octanol–water partition coefficient (Wildman–Crippen LogP) is 4.39. The summed E-state index contributed by atoms with van der Waals surface area (Å²) in [5, 5.41) is 5.98. The summed E-state index contributed by atoms with van der Waals surface area (Å²) in [7, 11) is 0. The topological polar surface area (TPSA) is 58.2 Å². The van der Waals surface area contributed by atoms with Gasteiger partial charge in [0.25, 0.3) is 0 Å². The Labute approximate surface area is 172 Å². The van der Waals surface area contributed by atoms with E-state index < -0.39 is 0 Å². The fraction of sp³-hybridized carbons (Fsp3) is 0.652. The first-order valence-corrected chi connectivity index (χ1v) is 11.9. The third-order valence-corrected chi connectivity index (χ3v) is 7.84. The molecule has 0 heterocycles. The number of thioether (sulfide) groups is 1. The Balaban J connectivity index is 1.12. The Morgan fingerprint density at radius 3 is 2.32 bits per heavy atom. The number of benzene rings is 1. The van der Waals surface area contributed by atoms with Crippen LogP contribution in [0.25, 0.3) is 0 Å². The average Bonchev–Trinajstić information content (AvgIpc) is 2.60. The molecule has 0 atom stereocenters. The van der Waals surface area contributed by atoms with Gasteiger partial charge in [0.15, 0.2) is 0 Å². The minimum Gasteiger partial charge on any atom is -0.355 e. The van der Waals surface area contributed by atoms with Gasteiger partial charge in [-0.25, -0.2) is 0 Å². The van der Waals surface area contributed by atoms with Gasteiger partial charge in [0.05, 0.1) is 11.5 Å². The highest BCUT2D eigenvalue weighted by molar-refractivity contribution is 8.00. The molecular weight excluding hydrogens is 368 g/mol. The lowest BCUT2D eigenvalue weighted by Crippen LogP contribution is -2.47. The molecule has 0 radical (unpaired) electrons. The number of hydrogen-bond donors (Lipinski definition) is 2. The molecule has 4 fully saturated rings. The lowest BCUT2D eigenvalue weighted by molar-refractivity contribution is -0.119. The van der Waals surface area contributed by atoms with E-state index >= 15 is 0 Å². The van der Waals surface area contributed by atoms with Gasteiger partial charge in [0, 0.05) is 12.2 Å². The highest BCUT2D eigenvalue weighted by atomic mass is 32.2. The second-order valence-corrected chi connectivity index (χ2v) is 10.4. The summed E-state index contributed by atoms with van der Waals surface area (Å²) in [4.78, 5) is 24.2. The molecule has 152 valence electrons. The molecule has 0 spiro atoms. The van der Waals surface area contributed by atoms with E-state index in [0.29, 0.717) is 16.9 Å². The summed E-state index contributed by atoms with van der Waals surface area (Å²) >= 11 is 1.38. The molecule has 28 heavy (non-hydrogen) atoms. The van der Waals surface area contributed by atoms with Crippen molar-refractivity contribution in [2.24, 2.45) is 23.2 Å². The molecule has 0 saturated heterocycles. The predicted molar refractivity (Wildman–Crippen MR) is 115 cm³/mol. The number of rotatable bonds is 8. The molecule has 4 aliphatic rings. The molecule has 5 rings (SSSR count). The van der Waals surface area contributed by atoms with Gasteiger partial charge in [0.2, 0.25) is 11.8 Å². The van der Waals surface area contributed by atoms with Crippen LogP contribution in [0.4, 0.5) is 5.69 Å². The Kier molecular flexibility index (Phi) is 6.00. The van der Waals surface area contributed by atoms with E-state index in [1.165, 1.54) is 50.3 Å². The van der Waals surface area contributed by atoms with Crippen LogP contribution in [0.3, 0.4) is 0 Å². The largest absolute Gasteiger partial charge is 0.355 e. The van der Waals surface area contributed by atoms with Gasteiger partial charge in [-0.3, -0.25) is 9.59 Å². The number of aryl methyl sites for hydroxylation is 1. The van der Waals surface area contributed by atoms with Gasteiger partial charge >= 0.3 is 0 Å². The lowest BCUT2D eigenvalue weighted by atomic mass is 9.49. The number of carbonyl (C=O) groups excluding carboxylic acids is 2. The number of nitrogens with one attached hydrogen (secondary N) is 2. The first-order valence-electron chi connectivity index (χ1n) is 10.7. The van der Waals surface area contributed by atoms with Crippen molar-refractivity contribution in [3.05, 3.63) is 29.8 Å². The van der Waals surface area contributed by atoms with Gasteiger partial charge in [-0.05, 0) is 92.7 Å². The molecule has 0 aliphatic heterocycles. The van der Waals surface area contributed by atoms with E-state index in [1.54, 1.807) is 0 Å². The molecule has 0 aromatic heterocycles. The zero-order chi connectivity index (χ0) is 19.6. The smallest absolute Gasteiger partial charge is 0.234 e. The average molecular weight is 401 g/mol. The van der Waals surface area contributed by atoms with Crippen molar-refractivity contribution in [3.63, 3.8) is 0 Å². The minimum absolute atomic E-state index is 0.0538. The summed E-state index contributed by atoms with van der Waals surface area (Å²) in [6.45, 7) is 2.79. The van der Waals surface area contributed by atoms with Gasteiger partial charge in [-0.1, -0.05) is 12.1 Å². The Morgan fingerprint density at radius 1 is 1.04 bits per heavy atom. The highest BCUT2D eigenvalue weighted by Crippen LogP contribution is 2.61. The van der Waals surface area contributed by atoms with Crippen LogP contribution in [-0.2, 0) is 9.59 Å². The van der Waals surface area contributed by atoms with Gasteiger partial charge in [0.1, 0.15) is 0 Å². The zero-order valence-corrected chi connectivity index (χ0v) is 17.7. The van der Waals surface area contributed by atoms with Crippen molar-refractivity contribution < 1.29 is 9.59 Å². The van der Waals surface area contributed by atoms with Crippen LogP contribution in [0.1, 0.15) is 50.5 Å². The van der Waals surface area contributed by atoms with Crippen LogP contribution >= 0.6 is 11.8 Å². The SMILES string of the molecule is Cc1cccc(NC(=O)CSCC(=O)NCCC23CC4CC(CC(C4)C2)C3)c1. The van der Waals surface area contributed by atoms with Crippen LogP contribution in [0, 0.1) is 30.1 Å². The molecule has 2 amide bonds. The molecule has 1 aromatic rings. The van der Waals surface area contributed by atoms with E-state index in [-0.39, 0.29) is 11.8 Å². The van der Waals surface area contributed by atoms with Crippen LogP contribution in [0.2, 0.25) is 0 Å². The molecule has 4 nitrogen and oxygen atoms in total. The lowest BCUT2D eigenvalue weighted by Gasteiger charge is -2.57. The highest BCUT2D eigenvalue weighted by Gasteiger charge is 2.50. The Hall–Kier alpha value is -1.49. The molecule has 4 bridgehead atoms. The monoisotopic (exact) mass is 400 g/mol. The molecule has 4 aliphatic carbocycles. The quantitative estimate of drug-likeness (QED) is 0.680. The first-order chi connectivity index (χ1) is 13.5. The minimum atomic E-state index is -0.0584.